The number of azo groups is 1. The minimum atomic E-state index is -4.68. The third-order valence-corrected chi connectivity index (χ3v) is 11.3. The zero-order valence-electron chi connectivity index (χ0n) is 26.0. The summed E-state index contributed by atoms with van der Waals surface area (Å²) in [6.45, 7) is 0. The highest BCUT2D eigenvalue weighted by atomic mass is 32.2. The van der Waals surface area contributed by atoms with Crippen molar-refractivity contribution in [1.82, 2.24) is 15.0 Å². The Bertz CT molecular complexity index is 2170. The van der Waals surface area contributed by atoms with Gasteiger partial charge in [0.2, 0.25) is 5.95 Å². The van der Waals surface area contributed by atoms with Gasteiger partial charge in [-0.05, 0) is 48.2 Å². The van der Waals surface area contributed by atoms with Crippen molar-refractivity contribution >= 4 is 99.7 Å². The normalized spacial score (nSPS) is 12.5. The summed E-state index contributed by atoms with van der Waals surface area (Å²) in [6, 6.07) is 11.9. The third-order valence-electron chi connectivity index (χ3n) is 6.18. The molecule has 3 aromatic carbocycles. The summed E-state index contributed by atoms with van der Waals surface area (Å²) in [5, 5.41) is 24.1. The summed E-state index contributed by atoms with van der Waals surface area (Å²) >= 11 is 2.80. The first-order valence-corrected chi connectivity index (χ1v) is 21.5. The first-order chi connectivity index (χ1) is 24.0. The van der Waals surface area contributed by atoms with Gasteiger partial charge >= 0.3 is 0 Å². The molecule has 0 spiro atoms. The molecule has 0 aliphatic carbocycles. The first-order valence-electron chi connectivity index (χ1n) is 14.0. The van der Waals surface area contributed by atoms with Gasteiger partial charge in [-0.15, -0.1) is 4.33 Å². The Morgan fingerprint density at radius 2 is 1.55 bits per heavy atom. The van der Waals surface area contributed by atoms with Crippen molar-refractivity contribution in [2.24, 2.45) is 10.2 Å². The second-order valence-corrected chi connectivity index (χ2v) is 17.4. The average Bonchev–Trinajstić information content (AvgIpc) is 3.05. The second-order valence-electron chi connectivity index (χ2n) is 9.92. The number of anilines is 2. The highest BCUT2D eigenvalue weighted by molar-refractivity contribution is 7.99. The summed E-state index contributed by atoms with van der Waals surface area (Å²) in [6.07, 6.45) is 0.123. The van der Waals surface area contributed by atoms with Crippen molar-refractivity contribution in [3.63, 3.8) is 0 Å². The monoisotopic (exact) mass is 824 g/mol. The van der Waals surface area contributed by atoms with Crippen LogP contribution in [0.2, 0.25) is 0 Å². The average molecular weight is 825 g/mol. The standard InChI is InChI=1S/C26H28N6O13S6/c1-43-22-13-18(32-31-17-4-3-16-11-19(48-45-44-33)14-23(20(16)12-17)51(40,41)42)5-6-21(22)27-25-28-24(15-46-8-10-50(37,38)39)29-26(30-25)47-7-2-9-49(34,35)36/h3-6,11-14,33H,2,7-10,15H2,1H3,(H,34,35,36)(H,37,38,39)(H,40,41,42)(H,27,28,29,30). The lowest BCUT2D eigenvalue weighted by Crippen LogP contribution is -2.08. The Labute approximate surface area is 304 Å². The van der Waals surface area contributed by atoms with Gasteiger partial charge < -0.3 is 10.1 Å². The predicted octanol–water partition coefficient (Wildman–Crippen LogP) is 5.36. The lowest BCUT2D eigenvalue weighted by molar-refractivity contribution is -0.432. The topological polar surface area (TPSA) is 286 Å². The molecule has 19 nitrogen and oxygen atoms in total. The molecule has 0 saturated heterocycles. The molecule has 0 amide bonds. The molecule has 4 rings (SSSR count). The van der Waals surface area contributed by atoms with E-state index in [4.69, 9.17) is 19.1 Å². The van der Waals surface area contributed by atoms with Crippen molar-refractivity contribution in [3.8, 4) is 5.75 Å². The second kappa shape index (κ2) is 18.0. The van der Waals surface area contributed by atoms with Crippen molar-refractivity contribution < 1.29 is 58.3 Å². The Morgan fingerprint density at radius 1 is 0.843 bits per heavy atom. The largest absolute Gasteiger partial charge is 0.494 e. The Hall–Kier alpha value is -3.21. The van der Waals surface area contributed by atoms with Crippen LogP contribution in [0.5, 0.6) is 5.75 Å². The molecule has 0 aliphatic rings. The number of rotatable bonds is 19. The van der Waals surface area contributed by atoms with Gasteiger partial charge in [-0.1, -0.05) is 22.9 Å². The molecular weight excluding hydrogens is 797 g/mol. The van der Waals surface area contributed by atoms with Crippen LogP contribution in [0, 0.1) is 0 Å². The third kappa shape index (κ3) is 13.4. The molecule has 0 bridgehead atoms. The molecule has 0 unspecified atom stereocenters. The van der Waals surface area contributed by atoms with Gasteiger partial charge in [-0.3, -0.25) is 13.7 Å². The molecule has 1 aromatic heterocycles. The molecule has 0 fully saturated rings. The van der Waals surface area contributed by atoms with Crippen LogP contribution < -0.4 is 10.1 Å². The van der Waals surface area contributed by atoms with Crippen LogP contribution in [0.25, 0.3) is 10.8 Å². The molecule has 5 N–H and O–H groups in total. The summed E-state index contributed by atoms with van der Waals surface area (Å²) in [5.41, 5.74) is 0.988. The summed E-state index contributed by atoms with van der Waals surface area (Å²) in [4.78, 5) is 12.9. The Balaban J connectivity index is 1.56. The van der Waals surface area contributed by atoms with E-state index in [1.54, 1.807) is 30.3 Å². The quantitative estimate of drug-likeness (QED) is 0.0151. The molecule has 1 heterocycles. The van der Waals surface area contributed by atoms with E-state index in [9.17, 15) is 29.8 Å². The van der Waals surface area contributed by atoms with E-state index in [0.717, 1.165) is 29.6 Å². The lowest BCUT2D eigenvalue weighted by Gasteiger charge is -2.12. The zero-order valence-corrected chi connectivity index (χ0v) is 30.9. The van der Waals surface area contributed by atoms with Gasteiger partial charge in [0, 0.05) is 27.9 Å². The van der Waals surface area contributed by atoms with E-state index in [1.165, 1.54) is 19.2 Å². The van der Waals surface area contributed by atoms with Crippen molar-refractivity contribution in [1.29, 1.82) is 0 Å². The van der Waals surface area contributed by atoms with Crippen molar-refractivity contribution in [2.75, 3.05) is 35.4 Å². The van der Waals surface area contributed by atoms with E-state index >= 15 is 0 Å². The number of aromatic nitrogens is 3. The molecule has 4 aromatic rings. The van der Waals surface area contributed by atoms with Gasteiger partial charge in [0.1, 0.15) is 16.5 Å². The lowest BCUT2D eigenvalue weighted by atomic mass is 10.1. The first kappa shape index (κ1) is 40.6. The van der Waals surface area contributed by atoms with Crippen LogP contribution in [0.15, 0.2) is 73.7 Å². The van der Waals surface area contributed by atoms with Crippen molar-refractivity contribution in [3.05, 3.63) is 54.4 Å². The zero-order chi connectivity index (χ0) is 37.2. The molecular formula is C26H28N6O13S6. The molecule has 25 heteroatoms. The van der Waals surface area contributed by atoms with Gasteiger partial charge in [0.05, 0.1) is 53.5 Å². The highest BCUT2D eigenvalue weighted by Crippen LogP contribution is 2.35. The van der Waals surface area contributed by atoms with E-state index in [2.05, 4.69) is 39.9 Å². The summed E-state index contributed by atoms with van der Waals surface area (Å²) in [7, 11) is -11.6. The molecule has 0 atom stereocenters. The number of hydrogen-bond donors (Lipinski definition) is 5. The number of methoxy groups -OCH3 is 1. The Morgan fingerprint density at radius 3 is 2.22 bits per heavy atom. The van der Waals surface area contributed by atoms with Crippen LogP contribution in [0.4, 0.5) is 23.0 Å². The summed E-state index contributed by atoms with van der Waals surface area (Å²) < 4.78 is 106. The van der Waals surface area contributed by atoms with E-state index < -0.39 is 46.8 Å². The maximum Gasteiger partial charge on any atom is 0.295 e. The van der Waals surface area contributed by atoms with Crippen LogP contribution >= 0.6 is 35.6 Å². The maximum atomic E-state index is 12.1. The fourth-order valence-corrected chi connectivity index (χ4v) is 8.57. The fraction of sp³-hybridized carbons (Fsp3) is 0.269. The fourth-order valence-electron chi connectivity index (χ4n) is 4.06. The molecule has 276 valence electrons. The number of benzene rings is 3. The Kier molecular flexibility index (Phi) is 14.3. The molecule has 0 radical (unpaired) electrons. The van der Waals surface area contributed by atoms with Gasteiger partial charge in [-0.2, -0.15) is 57.2 Å². The van der Waals surface area contributed by atoms with Crippen LogP contribution in [-0.4, -0.2) is 89.2 Å². The number of nitrogens with zero attached hydrogens (tertiary/aromatic N) is 5. The van der Waals surface area contributed by atoms with E-state index in [1.807, 2.05) is 0 Å². The number of thioether (sulfide) groups is 2. The van der Waals surface area contributed by atoms with Crippen LogP contribution in [0.3, 0.4) is 0 Å². The van der Waals surface area contributed by atoms with Gasteiger partial charge in [0.25, 0.3) is 30.4 Å². The van der Waals surface area contributed by atoms with E-state index in [0.29, 0.717) is 34.6 Å². The van der Waals surface area contributed by atoms with Crippen molar-refractivity contribution in [2.45, 2.75) is 27.1 Å². The maximum absolute atomic E-state index is 12.1. The van der Waals surface area contributed by atoms with E-state index in [-0.39, 0.29) is 56.6 Å². The number of fused-ring (bicyclic) bond motifs is 1. The minimum Gasteiger partial charge on any atom is -0.494 e. The molecule has 0 aliphatic heterocycles. The van der Waals surface area contributed by atoms with Crippen LogP contribution in [0.1, 0.15) is 12.2 Å². The molecule has 0 saturated carbocycles. The number of nitrogens with one attached hydrogen (secondary N) is 1. The predicted molar refractivity (Wildman–Crippen MR) is 189 cm³/mol. The minimum absolute atomic E-state index is 0.0750. The highest BCUT2D eigenvalue weighted by Gasteiger charge is 2.18. The van der Waals surface area contributed by atoms with Crippen LogP contribution in [-0.2, 0) is 45.5 Å². The van der Waals surface area contributed by atoms with Gasteiger partial charge in [0.15, 0.2) is 5.16 Å². The molecule has 51 heavy (non-hydrogen) atoms. The number of hydrogen-bond acceptors (Lipinski definition) is 19. The SMILES string of the molecule is COc1cc(N=Nc2ccc3cc(SOOO)cc(S(=O)(=O)O)c3c2)ccc1Nc1nc(CSCCS(=O)(=O)O)nc(SCCCS(=O)(=O)O)n1. The number of ether oxygens (including phenoxy) is 1. The summed E-state index contributed by atoms with van der Waals surface area (Å²) in [5.74, 6) is 0.237. The van der Waals surface area contributed by atoms with Gasteiger partial charge in [-0.25, -0.2) is 10.2 Å². The smallest absolute Gasteiger partial charge is 0.295 e.